The molecule has 0 spiro atoms. The van der Waals surface area contributed by atoms with Crippen molar-refractivity contribution in [1.82, 2.24) is 4.90 Å². The standard InChI is InChI=1S/C18H20ClN3O5/c1-11(10-20)21(2)18(23)12-4-6-16(17(8-12)26-3)27-15-7-5-13(19)9-14(15)22(24)25/h4-9,11H,10,20H2,1-3H3. The Morgan fingerprint density at radius 1 is 1.26 bits per heavy atom. The molecular weight excluding hydrogens is 374 g/mol. The third-order valence-corrected chi connectivity index (χ3v) is 4.31. The van der Waals surface area contributed by atoms with Crippen LogP contribution in [0.2, 0.25) is 5.02 Å². The van der Waals surface area contributed by atoms with E-state index in [9.17, 15) is 14.9 Å². The van der Waals surface area contributed by atoms with Crippen LogP contribution in [-0.4, -0.2) is 42.5 Å². The molecule has 2 N–H and O–H groups in total. The molecule has 0 heterocycles. The maximum absolute atomic E-state index is 12.5. The van der Waals surface area contributed by atoms with Gasteiger partial charge in [-0.25, -0.2) is 0 Å². The number of hydrogen-bond acceptors (Lipinski definition) is 6. The van der Waals surface area contributed by atoms with E-state index in [4.69, 9.17) is 26.8 Å². The highest BCUT2D eigenvalue weighted by Crippen LogP contribution is 2.38. The van der Waals surface area contributed by atoms with Gasteiger partial charge in [0.05, 0.1) is 12.0 Å². The lowest BCUT2D eigenvalue weighted by molar-refractivity contribution is -0.385. The number of benzene rings is 2. The number of likely N-dealkylation sites (N-methyl/N-ethyl adjacent to an activating group) is 1. The molecule has 1 amide bonds. The quantitative estimate of drug-likeness (QED) is 0.570. The second-order valence-corrected chi connectivity index (χ2v) is 6.27. The molecule has 2 aromatic carbocycles. The SMILES string of the molecule is COc1cc(C(=O)N(C)C(C)CN)ccc1Oc1ccc(Cl)cc1[N+](=O)[O-]. The Bertz CT molecular complexity index is 859. The number of nitro groups is 1. The predicted octanol–water partition coefficient (Wildman–Crippen LogP) is 3.47. The molecule has 0 bridgehead atoms. The minimum atomic E-state index is -0.589. The summed E-state index contributed by atoms with van der Waals surface area (Å²) in [5.41, 5.74) is 5.71. The van der Waals surface area contributed by atoms with Crippen LogP contribution in [0.3, 0.4) is 0 Å². The van der Waals surface area contributed by atoms with E-state index in [1.54, 1.807) is 13.1 Å². The van der Waals surface area contributed by atoms with Gasteiger partial charge in [-0.05, 0) is 37.3 Å². The van der Waals surface area contributed by atoms with Gasteiger partial charge in [-0.3, -0.25) is 14.9 Å². The number of ether oxygens (including phenoxy) is 2. The average molecular weight is 394 g/mol. The maximum Gasteiger partial charge on any atom is 0.313 e. The highest BCUT2D eigenvalue weighted by atomic mass is 35.5. The third kappa shape index (κ3) is 4.66. The van der Waals surface area contributed by atoms with E-state index in [0.717, 1.165) is 0 Å². The van der Waals surface area contributed by atoms with E-state index in [-0.39, 0.29) is 39.9 Å². The summed E-state index contributed by atoms with van der Waals surface area (Å²) in [4.78, 5) is 24.7. The Morgan fingerprint density at radius 3 is 2.52 bits per heavy atom. The molecule has 9 heteroatoms. The Hall–Kier alpha value is -2.84. The molecule has 0 aliphatic carbocycles. The Labute approximate surface area is 161 Å². The van der Waals surface area contributed by atoms with Crippen molar-refractivity contribution in [3.8, 4) is 17.2 Å². The van der Waals surface area contributed by atoms with E-state index in [0.29, 0.717) is 12.1 Å². The van der Waals surface area contributed by atoms with Gasteiger partial charge in [-0.15, -0.1) is 0 Å². The molecule has 27 heavy (non-hydrogen) atoms. The number of amides is 1. The number of nitrogens with zero attached hydrogens (tertiary/aromatic N) is 2. The van der Waals surface area contributed by atoms with Crippen LogP contribution in [0.1, 0.15) is 17.3 Å². The Morgan fingerprint density at radius 2 is 1.93 bits per heavy atom. The lowest BCUT2D eigenvalue weighted by Gasteiger charge is -2.24. The second-order valence-electron chi connectivity index (χ2n) is 5.84. The second kappa shape index (κ2) is 8.70. The van der Waals surface area contributed by atoms with E-state index < -0.39 is 4.92 Å². The first-order valence-corrected chi connectivity index (χ1v) is 8.43. The van der Waals surface area contributed by atoms with Crippen LogP contribution in [0.4, 0.5) is 5.69 Å². The first-order valence-electron chi connectivity index (χ1n) is 8.05. The van der Waals surface area contributed by atoms with Gasteiger partial charge in [0, 0.05) is 36.3 Å². The van der Waals surface area contributed by atoms with Crippen molar-refractivity contribution in [2.75, 3.05) is 20.7 Å². The first kappa shape index (κ1) is 20.5. The van der Waals surface area contributed by atoms with Crippen molar-refractivity contribution in [3.63, 3.8) is 0 Å². The van der Waals surface area contributed by atoms with Crippen molar-refractivity contribution >= 4 is 23.2 Å². The zero-order valence-corrected chi connectivity index (χ0v) is 15.9. The van der Waals surface area contributed by atoms with Gasteiger partial charge in [0.25, 0.3) is 5.91 Å². The van der Waals surface area contributed by atoms with Crippen molar-refractivity contribution in [1.29, 1.82) is 0 Å². The number of nitro benzene ring substituents is 1. The fraction of sp³-hybridized carbons (Fsp3) is 0.278. The number of nitrogens with two attached hydrogens (primary N) is 1. The molecule has 0 aliphatic rings. The van der Waals surface area contributed by atoms with Crippen molar-refractivity contribution in [2.24, 2.45) is 5.73 Å². The molecule has 2 aromatic rings. The number of carbonyl (C=O) groups is 1. The molecule has 0 radical (unpaired) electrons. The van der Waals surface area contributed by atoms with Crippen LogP contribution in [-0.2, 0) is 0 Å². The minimum Gasteiger partial charge on any atom is -0.493 e. The predicted molar refractivity (Wildman–Crippen MR) is 102 cm³/mol. The van der Waals surface area contributed by atoms with E-state index in [1.807, 2.05) is 6.92 Å². The first-order chi connectivity index (χ1) is 12.8. The largest absolute Gasteiger partial charge is 0.493 e. The minimum absolute atomic E-state index is 0.00986. The summed E-state index contributed by atoms with van der Waals surface area (Å²) in [6, 6.07) is 8.54. The summed E-state index contributed by atoms with van der Waals surface area (Å²) in [6.07, 6.45) is 0. The lowest BCUT2D eigenvalue weighted by Crippen LogP contribution is -2.39. The van der Waals surface area contributed by atoms with Gasteiger partial charge >= 0.3 is 5.69 Å². The molecular formula is C18H20ClN3O5. The Kier molecular flexibility index (Phi) is 6.59. The third-order valence-electron chi connectivity index (χ3n) is 4.07. The molecule has 0 aliphatic heterocycles. The normalized spacial score (nSPS) is 11.6. The van der Waals surface area contributed by atoms with Gasteiger partial charge in [0.15, 0.2) is 11.5 Å². The summed E-state index contributed by atoms with van der Waals surface area (Å²) in [7, 11) is 3.08. The molecule has 0 fully saturated rings. The van der Waals surface area contributed by atoms with Gasteiger partial charge in [0.2, 0.25) is 5.75 Å². The van der Waals surface area contributed by atoms with Crippen molar-refractivity contribution in [3.05, 3.63) is 57.1 Å². The van der Waals surface area contributed by atoms with Crippen LogP contribution < -0.4 is 15.2 Å². The van der Waals surface area contributed by atoms with Gasteiger partial charge < -0.3 is 20.1 Å². The highest BCUT2D eigenvalue weighted by Gasteiger charge is 2.21. The zero-order valence-electron chi connectivity index (χ0n) is 15.1. The molecule has 1 atom stereocenters. The molecule has 0 saturated carbocycles. The van der Waals surface area contributed by atoms with Crippen LogP contribution in [0.15, 0.2) is 36.4 Å². The number of halogens is 1. The zero-order chi connectivity index (χ0) is 20.1. The molecule has 2 rings (SSSR count). The molecule has 144 valence electrons. The number of rotatable bonds is 7. The molecule has 8 nitrogen and oxygen atoms in total. The smallest absolute Gasteiger partial charge is 0.313 e. The summed E-state index contributed by atoms with van der Waals surface area (Å²) < 4.78 is 10.9. The van der Waals surface area contributed by atoms with E-state index >= 15 is 0 Å². The van der Waals surface area contributed by atoms with Crippen LogP contribution in [0.25, 0.3) is 0 Å². The Balaban J connectivity index is 2.35. The maximum atomic E-state index is 12.5. The number of methoxy groups -OCH3 is 1. The van der Waals surface area contributed by atoms with Gasteiger partial charge in [0.1, 0.15) is 0 Å². The van der Waals surface area contributed by atoms with E-state index in [1.165, 1.54) is 42.3 Å². The monoisotopic (exact) mass is 393 g/mol. The fourth-order valence-electron chi connectivity index (χ4n) is 2.28. The molecule has 1 unspecified atom stereocenters. The average Bonchev–Trinajstić information content (AvgIpc) is 2.67. The summed E-state index contributed by atoms with van der Waals surface area (Å²) in [5, 5.41) is 11.4. The van der Waals surface area contributed by atoms with E-state index in [2.05, 4.69) is 0 Å². The van der Waals surface area contributed by atoms with Gasteiger partial charge in [-0.2, -0.15) is 0 Å². The summed E-state index contributed by atoms with van der Waals surface area (Å²) in [6.45, 7) is 2.17. The van der Waals surface area contributed by atoms with Crippen molar-refractivity contribution < 1.29 is 19.2 Å². The van der Waals surface area contributed by atoms with Gasteiger partial charge in [-0.1, -0.05) is 11.6 Å². The number of carbonyl (C=O) groups excluding carboxylic acids is 1. The lowest BCUT2D eigenvalue weighted by atomic mass is 10.1. The van der Waals surface area contributed by atoms with Crippen LogP contribution in [0.5, 0.6) is 17.2 Å². The van der Waals surface area contributed by atoms with Crippen molar-refractivity contribution in [2.45, 2.75) is 13.0 Å². The summed E-state index contributed by atoms with van der Waals surface area (Å²) >= 11 is 5.81. The number of hydrogen-bond donors (Lipinski definition) is 1. The fourth-order valence-corrected chi connectivity index (χ4v) is 2.45. The highest BCUT2D eigenvalue weighted by molar-refractivity contribution is 6.30. The molecule has 0 saturated heterocycles. The van der Waals surface area contributed by atoms with Crippen LogP contribution >= 0.6 is 11.6 Å². The topological polar surface area (TPSA) is 108 Å². The van der Waals surface area contributed by atoms with Crippen LogP contribution in [0, 0.1) is 10.1 Å². The molecule has 0 aromatic heterocycles. The summed E-state index contributed by atoms with van der Waals surface area (Å²) in [5.74, 6) is 0.277.